The van der Waals surface area contributed by atoms with Gasteiger partial charge in [-0.15, -0.1) is 0 Å². The summed E-state index contributed by atoms with van der Waals surface area (Å²) >= 11 is 0. The number of fused-ring (bicyclic) bond motifs is 1. The van der Waals surface area contributed by atoms with Crippen LogP contribution in [0, 0.1) is 18.6 Å². The minimum Gasteiger partial charge on any atom is -0.462 e. The van der Waals surface area contributed by atoms with Gasteiger partial charge < -0.3 is 19.4 Å². The van der Waals surface area contributed by atoms with Crippen LogP contribution in [-0.2, 0) is 21.6 Å². The lowest BCUT2D eigenvalue weighted by Gasteiger charge is -2.46. The molecule has 0 amide bonds. The van der Waals surface area contributed by atoms with Crippen LogP contribution in [-0.4, -0.2) is 47.4 Å². The van der Waals surface area contributed by atoms with Crippen molar-refractivity contribution >= 4 is 11.0 Å². The molecule has 0 bridgehead atoms. The van der Waals surface area contributed by atoms with E-state index < -0.39 is 17.2 Å². The third-order valence-corrected chi connectivity index (χ3v) is 7.51. The molecule has 196 valence electrons. The molecule has 0 spiro atoms. The van der Waals surface area contributed by atoms with Gasteiger partial charge in [0.1, 0.15) is 35.0 Å². The van der Waals surface area contributed by atoms with E-state index in [2.05, 4.69) is 46.0 Å². The van der Waals surface area contributed by atoms with Crippen LogP contribution in [0.4, 0.5) is 8.78 Å². The van der Waals surface area contributed by atoms with Crippen molar-refractivity contribution < 1.29 is 18.3 Å². The van der Waals surface area contributed by atoms with Crippen molar-refractivity contribution in [1.29, 1.82) is 0 Å². The molecule has 3 aromatic carbocycles. The number of aryl methyl sites for hydroxylation is 1. The van der Waals surface area contributed by atoms with Crippen molar-refractivity contribution in [2.24, 2.45) is 0 Å². The second-order valence-electron chi connectivity index (χ2n) is 9.90. The predicted molar refractivity (Wildman–Crippen MR) is 141 cm³/mol. The lowest BCUT2D eigenvalue weighted by atomic mass is 9.81. The first-order valence-electron chi connectivity index (χ1n) is 12.9. The minimum absolute atomic E-state index is 0.179. The zero-order chi connectivity index (χ0) is 26.1. The number of hydrogen-bond acceptors (Lipinski definition) is 5. The molecule has 8 heteroatoms. The molecule has 2 aliphatic heterocycles. The number of benzene rings is 3. The van der Waals surface area contributed by atoms with Crippen LogP contribution in [0.2, 0.25) is 0 Å². The van der Waals surface area contributed by atoms with Gasteiger partial charge in [0.15, 0.2) is 0 Å². The molecule has 1 N–H and O–H groups in total. The van der Waals surface area contributed by atoms with Gasteiger partial charge >= 0.3 is 0 Å². The van der Waals surface area contributed by atoms with E-state index >= 15 is 0 Å². The SMILES string of the molecule is Cc1ccc(C(CC2=COCO2)(c2nc3ccccc3n2Cc2ccc(F)cc2F)N2CCNCC2)cc1. The molecule has 3 heterocycles. The zero-order valence-electron chi connectivity index (χ0n) is 21.3. The van der Waals surface area contributed by atoms with E-state index in [4.69, 9.17) is 14.5 Å². The lowest BCUT2D eigenvalue weighted by Crippen LogP contribution is -2.56. The number of rotatable bonds is 7. The van der Waals surface area contributed by atoms with Crippen molar-refractivity contribution in [3.05, 3.63) is 113 Å². The highest BCUT2D eigenvalue weighted by atomic mass is 19.1. The summed E-state index contributed by atoms with van der Waals surface area (Å²) in [5.74, 6) is 0.342. The first-order valence-corrected chi connectivity index (χ1v) is 12.9. The Morgan fingerprint density at radius 2 is 1.79 bits per heavy atom. The van der Waals surface area contributed by atoms with Gasteiger partial charge in [0.2, 0.25) is 6.79 Å². The van der Waals surface area contributed by atoms with Gasteiger partial charge in [-0.3, -0.25) is 4.90 Å². The average molecular weight is 517 g/mol. The number of para-hydroxylation sites is 2. The lowest BCUT2D eigenvalue weighted by molar-refractivity contribution is 0.0509. The van der Waals surface area contributed by atoms with E-state index in [0.717, 1.165) is 66.0 Å². The highest BCUT2D eigenvalue weighted by Gasteiger charge is 2.46. The smallest absolute Gasteiger partial charge is 0.229 e. The van der Waals surface area contributed by atoms with Crippen LogP contribution >= 0.6 is 0 Å². The van der Waals surface area contributed by atoms with E-state index in [1.807, 2.05) is 24.3 Å². The quantitative estimate of drug-likeness (QED) is 0.372. The highest BCUT2D eigenvalue weighted by molar-refractivity contribution is 5.76. The summed E-state index contributed by atoms with van der Waals surface area (Å²) in [6, 6.07) is 20.2. The van der Waals surface area contributed by atoms with Crippen molar-refractivity contribution in [2.45, 2.75) is 25.4 Å². The predicted octanol–water partition coefficient (Wildman–Crippen LogP) is 5.06. The number of aromatic nitrogens is 2. The number of imidazole rings is 1. The molecule has 0 saturated carbocycles. The van der Waals surface area contributed by atoms with Crippen LogP contribution in [0.5, 0.6) is 0 Å². The Balaban J connectivity index is 1.62. The molecule has 4 aromatic rings. The summed E-state index contributed by atoms with van der Waals surface area (Å²) in [7, 11) is 0. The van der Waals surface area contributed by atoms with Crippen molar-refractivity contribution in [3.63, 3.8) is 0 Å². The molecule has 1 saturated heterocycles. The molecule has 1 atom stereocenters. The Hall–Kier alpha value is -3.75. The maximum absolute atomic E-state index is 15.0. The Bertz CT molecular complexity index is 1480. The summed E-state index contributed by atoms with van der Waals surface area (Å²) in [5.41, 5.74) is 3.59. The third kappa shape index (κ3) is 4.44. The Morgan fingerprint density at radius 1 is 1.00 bits per heavy atom. The normalized spacial score (nSPS) is 17.6. The van der Waals surface area contributed by atoms with Crippen LogP contribution in [0.1, 0.15) is 28.9 Å². The fourth-order valence-corrected chi connectivity index (χ4v) is 5.61. The summed E-state index contributed by atoms with van der Waals surface area (Å²) < 4.78 is 42.2. The standard InChI is InChI=1S/C30H30F2N4O2/c1-21-6-9-23(10-7-21)30(17-25-19-37-20-38-25,35-14-12-33-13-15-35)29-34-27-4-2-3-5-28(27)36(29)18-22-8-11-24(31)16-26(22)32/h2-11,16,19,33H,12-15,17-18,20H2,1H3. The maximum Gasteiger partial charge on any atom is 0.229 e. The van der Waals surface area contributed by atoms with Gasteiger partial charge in [-0.2, -0.15) is 0 Å². The Labute approximate surface area is 220 Å². The van der Waals surface area contributed by atoms with E-state index in [1.54, 1.807) is 6.26 Å². The summed E-state index contributed by atoms with van der Waals surface area (Å²) in [4.78, 5) is 7.67. The summed E-state index contributed by atoms with van der Waals surface area (Å²) in [6.07, 6.45) is 2.17. The molecule has 38 heavy (non-hydrogen) atoms. The highest BCUT2D eigenvalue weighted by Crippen LogP contribution is 2.43. The molecule has 1 aromatic heterocycles. The van der Waals surface area contributed by atoms with Crippen LogP contribution in [0.15, 0.2) is 78.8 Å². The van der Waals surface area contributed by atoms with Crippen LogP contribution < -0.4 is 5.32 Å². The number of nitrogens with one attached hydrogen (secondary N) is 1. The number of halogens is 2. The molecule has 0 aliphatic carbocycles. The Kier molecular flexibility index (Phi) is 6.59. The largest absolute Gasteiger partial charge is 0.462 e. The second-order valence-corrected chi connectivity index (χ2v) is 9.90. The number of hydrogen-bond donors (Lipinski definition) is 1. The first kappa shape index (κ1) is 24.6. The molecule has 0 radical (unpaired) electrons. The first-order chi connectivity index (χ1) is 18.5. The number of ether oxygens (including phenoxy) is 2. The molecule has 2 aliphatic rings. The molecule has 1 fully saturated rings. The van der Waals surface area contributed by atoms with E-state index in [-0.39, 0.29) is 13.3 Å². The van der Waals surface area contributed by atoms with Crippen molar-refractivity contribution in [2.75, 3.05) is 33.0 Å². The fraction of sp³-hybridized carbons (Fsp3) is 0.300. The fourth-order valence-electron chi connectivity index (χ4n) is 5.61. The molecule has 1 unspecified atom stereocenters. The third-order valence-electron chi connectivity index (χ3n) is 7.51. The molecule has 6 nitrogen and oxygen atoms in total. The molecular weight excluding hydrogens is 486 g/mol. The van der Waals surface area contributed by atoms with Gasteiger partial charge in [0.05, 0.1) is 17.6 Å². The van der Waals surface area contributed by atoms with Crippen LogP contribution in [0.25, 0.3) is 11.0 Å². The second kappa shape index (κ2) is 10.2. The molecular formula is C30H30F2N4O2. The topological polar surface area (TPSA) is 51.6 Å². The average Bonchev–Trinajstić information content (AvgIpc) is 3.58. The maximum atomic E-state index is 15.0. The van der Waals surface area contributed by atoms with Crippen molar-refractivity contribution in [1.82, 2.24) is 19.8 Å². The number of nitrogens with zero attached hydrogens (tertiary/aromatic N) is 3. The van der Waals surface area contributed by atoms with E-state index in [1.165, 1.54) is 12.1 Å². The summed E-state index contributed by atoms with van der Waals surface area (Å²) in [5, 5.41) is 3.46. The zero-order valence-corrected chi connectivity index (χ0v) is 21.3. The van der Waals surface area contributed by atoms with E-state index in [9.17, 15) is 8.78 Å². The monoisotopic (exact) mass is 516 g/mol. The molecule has 6 rings (SSSR count). The van der Waals surface area contributed by atoms with E-state index in [0.29, 0.717) is 12.0 Å². The van der Waals surface area contributed by atoms with Crippen LogP contribution in [0.3, 0.4) is 0 Å². The van der Waals surface area contributed by atoms with Gasteiger partial charge in [-0.25, -0.2) is 13.8 Å². The Morgan fingerprint density at radius 3 is 2.53 bits per heavy atom. The minimum atomic E-state index is -0.731. The van der Waals surface area contributed by atoms with Crippen molar-refractivity contribution in [3.8, 4) is 0 Å². The summed E-state index contributed by atoms with van der Waals surface area (Å²) in [6.45, 7) is 5.69. The van der Waals surface area contributed by atoms with Gasteiger partial charge in [0.25, 0.3) is 0 Å². The number of piperazine rings is 1. The van der Waals surface area contributed by atoms with Gasteiger partial charge in [-0.1, -0.05) is 48.0 Å². The van der Waals surface area contributed by atoms with Gasteiger partial charge in [-0.05, 0) is 30.7 Å². The van der Waals surface area contributed by atoms with Gasteiger partial charge in [0, 0.05) is 44.2 Å².